The van der Waals surface area contributed by atoms with Gasteiger partial charge in [0, 0.05) is 5.56 Å². The van der Waals surface area contributed by atoms with Gasteiger partial charge in [0.05, 0.1) is 6.10 Å². The van der Waals surface area contributed by atoms with Crippen LogP contribution in [0.15, 0.2) is 24.3 Å². The van der Waals surface area contributed by atoms with Crippen LogP contribution in [-0.4, -0.2) is 11.9 Å². The number of nitrogens with one attached hydrogen (secondary N) is 1. The monoisotopic (exact) mass is 206 g/mol. The molecule has 1 rings (SSSR count). The molecule has 0 spiro atoms. The average Bonchev–Trinajstić information content (AvgIpc) is 2.26. The number of amidine groups is 1. The van der Waals surface area contributed by atoms with Crippen molar-refractivity contribution in [1.29, 1.82) is 5.41 Å². The summed E-state index contributed by atoms with van der Waals surface area (Å²) in [6.45, 7) is 4.22. The average molecular weight is 206 g/mol. The van der Waals surface area contributed by atoms with Crippen LogP contribution >= 0.6 is 0 Å². The SMILES string of the molecule is CCC(CC)Oc1ccc(C(=N)N)cc1. The van der Waals surface area contributed by atoms with E-state index >= 15 is 0 Å². The first kappa shape index (κ1) is 11.6. The van der Waals surface area contributed by atoms with Crippen LogP contribution in [0.25, 0.3) is 0 Å². The molecule has 0 aliphatic heterocycles. The summed E-state index contributed by atoms with van der Waals surface area (Å²) in [7, 11) is 0. The van der Waals surface area contributed by atoms with Crippen molar-refractivity contribution >= 4 is 5.84 Å². The smallest absolute Gasteiger partial charge is 0.122 e. The van der Waals surface area contributed by atoms with Crippen molar-refractivity contribution in [2.75, 3.05) is 0 Å². The van der Waals surface area contributed by atoms with Gasteiger partial charge in [-0.25, -0.2) is 0 Å². The highest BCUT2D eigenvalue weighted by molar-refractivity contribution is 5.94. The second kappa shape index (κ2) is 5.39. The summed E-state index contributed by atoms with van der Waals surface area (Å²) in [6.07, 6.45) is 2.28. The number of hydrogen-bond acceptors (Lipinski definition) is 2. The molecule has 1 aromatic carbocycles. The fraction of sp³-hybridized carbons (Fsp3) is 0.417. The Kier molecular flexibility index (Phi) is 4.16. The normalized spacial score (nSPS) is 10.3. The van der Waals surface area contributed by atoms with E-state index < -0.39 is 0 Å². The molecule has 0 saturated heterocycles. The minimum atomic E-state index is 0.0871. The third kappa shape index (κ3) is 3.27. The minimum absolute atomic E-state index is 0.0871. The summed E-state index contributed by atoms with van der Waals surface area (Å²) in [5.74, 6) is 0.929. The maximum Gasteiger partial charge on any atom is 0.122 e. The third-order valence-corrected chi connectivity index (χ3v) is 2.38. The van der Waals surface area contributed by atoms with Crippen LogP contribution in [0.3, 0.4) is 0 Å². The summed E-state index contributed by atoms with van der Waals surface area (Å²) in [6, 6.07) is 7.32. The van der Waals surface area contributed by atoms with Crippen molar-refractivity contribution in [3.05, 3.63) is 29.8 Å². The summed E-state index contributed by atoms with van der Waals surface area (Å²) in [5, 5.41) is 7.26. The van der Waals surface area contributed by atoms with Crippen molar-refractivity contribution in [3.8, 4) is 5.75 Å². The molecule has 0 bridgehead atoms. The molecule has 0 aliphatic carbocycles. The van der Waals surface area contributed by atoms with E-state index in [2.05, 4.69) is 13.8 Å². The molecular formula is C12H18N2O. The molecule has 0 amide bonds. The Morgan fingerprint density at radius 1 is 1.27 bits per heavy atom. The van der Waals surface area contributed by atoms with Crippen LogP contribution in [0.5, 0.6) is 5.75 Å². The van der Waals surface area contributed by atoms with E-state index in [4.69, 9.17) is 15.9 Å². The molecule has 15 heavy (non-hydrogen) atoms. The van der Waals surface area contributed by atoms with Gasteiger partial charge in [-0.05, 0) is 37.1 Å². The number of benzene rings is 1. The fourth-order valence-corrected chi connectivity index (χ4v) is 1.36. The van der Waals surface area contributed by atoms with Crippen LogP contribution in [0, 0.1) is 5.41 Å². The lowest BCUT2D eigenvalue weighted by molar-refractivity contribution is 0.193. The zero-order valence-corrected chi connectivity index (χ0v) is 9.29. The van der Waals surface area contributed by atoms with Crippen LogP contribution in [0.1, 0.15) is 32.3 Å². The predicted molar refractivity (Wildman–Crippen MR) is 62.5 cm³/mol. The van der Waals surface area contributed by atoms with Crippen molar-refractivity contribution < 1.29 is 4.74 Å². The highest BCUT2D eigenvalue weighted by Crippen LogP contribution is 2.15. The minimum Gasteiger partial charge on any atom is -0.490 e. The third-order valence-electron chi connectivity index (χ3n) is 2.38. The molecule has 3 nitrogen and oxygen atoms in total. The van der Waals surface area contributed by atoms with Gasteiger partial charge in [0.2, 0.25) is 0 Å². The van der Waals surface area contributed by atoms with Gasteiger partial charge in [-0.15, -0.1) is 0 Å². The van der Waals surface area contributed by atoms with Crippen LogP contribution < -0.4 is 10.5 Å². The number of nitrogen functional groups attached to an aromatic ring is 1. The maximum atomic E-state index is 7.26. The fourth-order valence-electron chi connectivity index (χ4n) is 1.36. The zero-order chi connectivity index (χ0) is 11.3. The second-order valence-corrected chi connectivity index (χ2v) is 3.49. The van der Waals surface area contributed by atoms with E-state index in [1.807, 2.05) is 12.1 Å². The van der Waals surface area contributed by atoms with Crippen molar-refractivity contribution in [1.82, 2.24) is 0 Å². The summed E-state index contributed by atoms with van der Waals surface area (Å²) in [5.41, 5.74) is 6.09. The molecule has 0 heterocycles. The first-order chi connectivity index (χ1) is 7.17. The Morgan fingerprint density at radius 3 is 2.20 bits per heavy atom. The van der Waals surface area contributed by atoms with Crippen LogP contribution in [0.2, 0.25) is 0 Å². The summed E-state index contributed by atoms with van der Waals surface area (Å²) < 4.78 is 5.74. The van der Waals surface area contributed by atoms with E-state index in [1.54, 1.807) is 12.1 Å². The molecular weight excluding hydrogens is 188 g/mol. The predicted octanol–water partition coefficient (Wildman–Crippen LogP) is 2.54. The number of ether oxygens (including phenoxy) is 1. The van der Waals surface area contributed by atoms with Gasteiger partial charge in [-0.1, -0.05) is 13.8 Å². The van der Waals surface area contributed by atoms with E-state index in [0.717, 1.165) is 24.2 Å². The Morgan fingerprint density at radius 2 is 1.80 bits per heavy atom. The van der Waals surface area contributed by atoms with Crippen LogP contribution in [-0.2, 0) is 0 Å². The Balaban J connectivity index is 2.67. The highest BCUT2D eigenvalue weighted by Gasteiger charge is 2.05. The van der Waals surface area contributed by atoms with Gasteiger partial charge in [-0.2, -0.15) is 0 Å². The molecule has 0 unspecified atom stereocenters. The highest BCUT2D eigenvalue weighted by atomic mass is 16.5. The number of rotatable bonds is 5. The molecule has 3 N–H and O–H groups in total. The molecule has 3 heteroatoms. The van der Waals surface area contributed by atoms with E-state index in [1.165, 1.54) is 0 Å². The number of hydrogen-bond donors (Lipinski definition) is 2. The summed E-state index contributed by atoms with van der Waals surface area (Å²) in [4.78, 5) is 0. The molecule has 0 atom stereocenters. The Bertz CT molecular complexity index is 315. The molecule has 0 fully saturated rings. The largest absolute Gasteiger partial charge is 0.490 e. The lowest BCUT2D eigenvalue weighted by atomic mass is 10.2. The Labute approximate surface area is 90.8 Å². The lowest BCUT2D eigenvalue weighted by Crippen LogP contribution is -2.14. The molecule has 1 aromatic rings. The van der Waals surface area contributed by atoms with Crippen molar-refractivity contribution in [2.24, 2.45) is 5.73 Å². The maximum absolute atomic E-state index is 7.26. The van der Waals surface area contributed by atoms with E-state index in [0.29, 0.717) is 0 Å². The molecule has 0 saturated carbocycles. The summed E-state index contributed by atoms with van der Waals surface area (Å²) >= 11 is 0. The molecule has 0 aliphatic rings. The quantitative estimate of drug-likeness (QED) is 0.574. The van der Waals surface area contributed by atoms with Gasteiger partial charge in [0.1, 0.15) is 11.6 Å². The molecule has 0 aromatic heterocycles. The van der Waals surface area contributed by atoms with Crippen LogP contribution in [0.4, 0.5) is 0 Å². The first-order valence-electron chi connectivity index (χ1n) is 5.28. The number of nitrogens with two attached hydrogens (primary N) is 1. The van der Waals surface area contributed by atoms with Crippen molar-refractivity contribution in [2.45, 2.75) is 32.8 Å². The van der Waals surface area contributed by atoms with Gasteiger partial charge in [0.25, 0.3) is 0 Å². The van der Waals surface area contributed by atoms with Crippen molar-refractivity contribution in [3.63, 3.8) is 0 Å². The van der Waals surface area contributed by atoms with Gasteiger partial charge in [-0.3, -0.25) is 5.41 Å². The van der Waals surface area contributed by atoms with E-state index in [9.17, 15) is 0 Å². The zero-order valence-electron chi connectivity index (χ0n) is 9.29. The topological polar surface area (TPSA) is 59.1 Å². The van der Waals surface area contributed by atoms with Gasteiger partial charge >= 0.3 is 0 Å². The lowest BCUT2D eigenvalue weighted by Gasteiger charge is -2.15. The van der Waals surface area contributed by atoms with Gasteiger partial charge in [0.15, 0.2) is 0 Å². The molecule has 0 radical (unpaired) electrons. The van der Waals surface area contributed by atoms with E-state index in [-0.39, 0.29) is 11.9 Å². The first-order valence-corrected chi connectivity index (χ1v) is 5.28. The second-order valence-electron chi connectivity index (χ2n) is 3.49. The molecule has 82 valence electrons. The Hall–Kier alpha value is -1.51. The standard InChI is InChI=1S/C12H18N2O/c1-3-10(4-2)15-11-7-5-9(6-8-11)12(13)14/h5-8,10H,3-4H2,1-2H3,(H3,13,14). The van der Waals surface area contributed by atoms with Gasteiger partial charge < -0.3 is 10.5 Å².